The zero-order chi connectivity index (χ0) is 17.7. The van der Waals surface area contributed by atoms with Gasteiger partial charge in [-0.15, -0.1) is 0 Å². The summed E-state index contributed by atoms with van der Waals surface area (Å²) in [6, 6.07) is 6.53. The number of anilines is 1. The van der Waals surface area contributed by atoms with Crippen molar-refractivity contribution < 1.29 is 9.53 Å². The molecule has 1 unspecified atom stereocenters. The van der Waals surface area contributed by atoms with Gasteiger partial charge in [-0.2, -0.15) is 0 Å². The molecule has 0 radical (unpaired) electrons. The van der Waals surface area contributed by atoms with Crippen molar-refractivity contribution in [1.29, 1.82) is 0 Å². The highest BCUT2D eigenvalue weighted by molar-refractivity contribution is 5.69. The van der Waals surface area contributed by atoms with Crippen molar-refractivity contribution in [3.05, 3.63) is 29.3 Å². The third-order valence-corrected chi connectivity index (χ3v) is 4.31. The fourth-order valence-electron chi connectivity index (χ4n) is 3.04. The molecular formula is C20H32N2O2. The van der Waals surface area contributed by atoms with Crippen molar-refractivity contribution in [2.75, 3.05) is 18.4 Å². The number of nitrogens with one attached hydrogen (secondary N) is 1. The first kappa shape index (κ1) is 18.6. The van der Waals surface area contributed by atoms with Crippen LogP contribution in [0.1, 0.15) is 58.6 Å². The molecule has 4 heteroatoms. The quantitative estimate of drug-likeness (QED) is 0.840. The van der Waals surface area contributed by atoms with Gasteiger partial charge in [0.25, 0.3) is 0 Å². The number of benzene rings is 1. The third kappa shape index (κ3) is 5.43. The lowest BCUT2D eigenvalue weighted by Crippen LogP contribution is -2.39. The second-order valence-corrected chi connectivity index (χ2v) is 7.91. The lowest BCUT2D eigenvalue weighted by molar-refractivity contribution is 0.0224. The summed E-state index contributed by atoms with van der Waals surface area (Å²) in [5, 5.41) is 3.53. The number of rotatable bonds is 5. The van der Waals surface area contributed by atoms with Crippen LogP contribution in [-0.4, -0.2) is 29.7 Å². The van der Waals surface area contributed by atoms with E-state index in [1.807, 2.05) is 20.8 Å². The Labute approximate surface area is 146 Å². The van der Waals surface area contributed by atoms with Crippen LogP contribution < -0.4 is 5.32 Å². The van der Waals surface area contributed by atoms with Crippen molar-refractivity contribution in [3.8, 4) is 0 Å². The second-order valence-electron chi connectivity index (χ2n) is 7.91. The topological polar surface area (TPSA) is 41.6 Å². The molecule has 0 fully saturated rings. The monoisotopic (exact) mass is 332 g/mol. The van der Waals surface area contributed by atoms with Crippen LogP contribution in [0.15, 0.2) is 18.2 Å². The first-order chi connectivity index (χ1) is 11.3. The summed E-state index contributed by atoms with van der Waals surface area (Å²) in [6.07, 6.45) is 3.13. The van der Waals surface area contributed by atoms with Gasteiger partial charge in [-0.1, -0.05) is 26.3 Å². The maximum atomic E-state index is 12.3. The SMILES string of the molecule is CCCC(C)CNc1ccc2c(c1)CN(C(=O)OC(C)(C)C)CC2. The van der Waals surface area contributed by atoms with Crippen molar-refractivity contribution in [2.24, 2.45) is 5.92 Å². The average molecular weight is 332 g/mol. The summed E-state index contributed by atoms with van der Waals surface area (Å²) in [7, 11) is 0. The minimum Gasteiger partial charge on any atom is -0.444 e. The fourth-order valence-corrected chi connectivity index (χ4v) is 3.04. The minimum atomic E-state index is -0.448. The molecule has 1 aliphatic heterocycles. The summed E-state index contributed by atoms with van der Waals surface area (Å²) in [6.45, 7) is 12.6. The van der Waals surface area contributed by atoms with Gasteiger partial charge in [-0.25, -0.2) is 4.79 Å². The Morgan fingerprint density at radius 1 is 1.33 bits per heavy atom. The molecule has 0 saturated carbocycles. The molecule has 24 heavy (non-hydrogen) atoms. The summed E-state index contributed by atoms with van der Waals surface area (Å²) < 4.78 is 5.50. The van der Waals surface area contributed by atoms with Crippen LogP contribution in [0.2, 0.25) is 0 Å². The number of hydrogen-bond acceptors (Lipinski definition) is 3. The molecule has 1 amide bonds. The molecule has 1 heterocycles. The highest BCUT2D eigenvalue weighted by atomic mass is 16.6. The molecule has 1 aromatic rings. The van der Waals surface area contributed by atoms with Gasteiger partial charge in [0.05, 0.1) is 0 Å². The van der Waals surface area contributed by atoms with Crippen LogP contribution in [0.5, 0.6) is 0 Å². The van der Waals surface area contributed by atoms with E-state index in [0.717, 1.165) is 25.2 Å². The van der Waals surface area contributed by atoms with Gasteiger partial charge in [0.15, 0.2) is 0 Å². The normalized spacial score (nSPS) is 15.6. The van der Waals surface area contributed by atoms with Crippen LogP contribution >= 0.6 is 0 Å². The van der Waals surface area contributed by atoms with Crippen molar-refractivity contribution in [2.45, 2.75) is 66.0 Å². The van der Waals surface area contributed by atoms with E-state index in [4.69, 9.17) is 4.74 Å². The van der Waals surface area contributed by atoms with E-state index >= 15 is 0 Å². The zero-order valence-electron chi connectivity index (χ0n) is 15.8. The lowest BCUT2D eigenvalue weighted by atomic mass is 9.99. The molecule has 1 aromatic carbocycles. The van der Waals surface area contributed by atoms with Gasteiger partial charge in [-0.3, -0.25) is 0 Å². The Kier molecular flexibility index (Phi) is 6.14. The summed E-state index contributed by atoms with van der Waals surface area (Å²) in [5.41, 5.74) is 3.25. The van der Waals surface area contributed by atoms with Crippen LogP contribution in [-0.2, 0) is 17.7 Å². The Bertz CT molecular complexity index is 563. The van der Waals surface area contributed by atoms with E-state index in [-0.39, 0.29) is 6.09 Å². The molecule has 2 rings (SSSR count). The van der Waals surface area contributed by atoms with E-state index in [1.165, 1.54) is 24.0 Å². The van der Waals surface area contributed by atoms with Crippen LogP contribution in [0.3, 0.4) is 0 Å². The molecular weight excluding hydrogens is 300 g/mol. The molecule has 0 bridgehead atoms. The first-order valence-corrected chi connectivity index (χ1v) is 9.12. The number of ether oxygens (including phenoxy) is 1. The minimum absolute atomic E-state index is 0.219. The van der Waals surface area contributed by atoms with Gasteiger partial charge >= 0.3 is 6.09 Å². The number of hydrogen-bond donors (Lipinski definition) is 1. The number of carbonyl (C=O) groups excluding carboxylic acids is 1. The molecule has 1 atom stereocenters. The number of fused-ring (bicyclic) bond motifs is 1. The maximum Gasteiger partial charge on any atom is 0.410 e. The van der Waals surface area contributed by atoms with E-state index in [2.05, 4.69) is 37.4 Å². The smallest absolute Gasteiger partial charge is 0.410 e. The van der Waals surface area contributed by atoms with E-state index < -0.39 is 5.60 Å². The average Bonchev–Trinajstić information content (AvgIpc) is 2.51. The standard InChI is InChI=1S/C20H32N2O2/c1-6-7-15(2)13-21-18-9-8-16-10-11-22(14-17(16)12-18)19(23)24-20(3,4)5/h8-9,12,15,21H,6-7,10-11,13-14H2,1-5H3. The number of carbonyl (C=O) groups is 1. The van der Waals surface area contributed by atoms with E-state index in [9.17, 15) is 4.79 Å². The van der Waals surface area contributed by atoms with Crippen LogP contribution in [0.4, 0.5) is 10.5 Å². The fraction of sp³-hybridized carbons (Fsp3) is 0.650. The molecule has 4 nitrogen and oxygen atoms in total. The highest BCUT2D eigenvalue weighted by Crippen LogP contribution is 2.24. The Hall–Kier alpha value is -1.71. The molecule has 134 valence electrons. The predicted molar refractivity (Wildman–Crippen MR) is 99.4 cm³/mol. The highest BCUT2D eigenvalue weighted by Gasteiger charge is 2.25. The largest absolute Gasteiger partial charge is 0.444 e. The van der Waals surface area contributed by atoms with E-state index in [0.29, 0.717) is 12.5 Å². The van der Waals surface area contributed by atoms with Gasteiger partial charge in [0.2, 0.25) is 0 Å². The first-order valence-electron chi connectivity index (χ1n) is 9.12. The zero-order valence-corrected chi connectivity index (χ0v) is 15.8. The van der Waals surface area contributed by atoms with Gasteiger partial charge in [0.1, 0.15) is 5.60 Å². The Morgan fingerprint density at radius 2 is 2.08 bits per heavy atom. The molecule has 0 aromatic heterocycles. The predicted octanol–water partition coefficient (Wildman–Crippen LogP) is 4.83. The van der Waals surface area contributed by atoms with Gasteiger partial charge in [0, 0.05) is 25.3 Å². The van der Waals surface area contributed by atoms with Gasteiger partial charge < -0.3 is 15.0 Å². The van der Waals surface area contributed by atoms with Crippen molar-refractivity contribution in [1.82, 2.24) is 4.90 Å². The summed E-state index contributed by atoms with van der Waals surface area (Å²) in [4.78, 5) is 14.1. The number of amides is 1. The lowest BCUT2D eigenvalue weighted by Gasteiger charge is -2.31. The number of nitrogens with zero attached hydrogens (tertiary/aromatic N) is 1. The van der Waals surface area contributed by atoms with Crippen molar-refractivity contribution in [3.63, 3.8) is 0 Å². The molecule has 0 saturated heterocycles. The van der Waals surface area contributed by atoms with Gasteiger partial charge in [-0.05, 0) is 62.8 Å². The molecule has 0 spiro atoms. The van der Waals surface area contributed by atoms with Crippen LogP contribution in [0.25, 0.3) is 0 Å². The summed E-state index contributed by atoms with van der Waals surface area (Å²) in [5.74, 6) is 0.671. The Morgan fingerprint density at radius 3 is 2.75 bits per heavy atom. The maximum absolute atomic E-state index is 12.3. The van der Waals surface area contributed by atoms with Crippen LogP contribution in [0, 0.1) is 5.92 Å². The molecule has 1 aliphatic rings. The second kappa shape index (κ2) is 7.91. The van der Waals surface area contributed by atoms with Crippen molar-refractivity contribution >= 4 is 11.8 Å². The third-order valence-electron chi connectivity index (χ3n) is 4.31. The Balaban J connectivity index is 1.99. The van der Waals surface area contributed by atoms with E-state index in [1.54, 1.807) is 4.90 Å². The molecule has 0 aliphatic carbocycles. The molecule has 1 N–H and O–H groups in total. The summed E-state index contributed by atoms with van der Waals surface area (Å²) >= 11 is 0.